The average Bonchev–Trinajstić information content (AvgIpc) is 2.49. The Bertz CT molecular complexity index is 379. The molecule has 4 heteroatoms. The highest BCUT2D eigenvalue weighted by atomic mass is 32.2. The van der Waals surface area contributed by atoms with Crippen LogP contribution < -0.4 is 5.73 Å². The zero-order valence-electron chi connectivity index (χ0n) is 14.7. The number of rotatable bonds is 9. The first kappa shape index (κ1) is 19.6. The summed E-state index contributed by atoms with van der Waals surface area (Å²) in [6.07, 6.45) is 9.09. The number of thioether (sulfide) groups is 1. The molecule has 2 N–H and O–H groups in total. The van der Waals surface area contributed by atoms with Gasteiger partial charge in [0, 0.05) is 10.5 Å². The molecule has 0 aromatic rings. The van der Waals surface area contributed by atoms with Crippen molar-refractivity contribution in [2.75, 3.05) is 12.4 Å². The molecular formula is C18H33NO2S. The van der Waals surface area contributed by atoms with Gasteiger partial charge in [0.25, 0.3) is 0 Å². The Kier molecular flexibility index (Phi) is 8.55. The highest BCUT2D eigenvalue weighted by molar-refractivity contribution is 8.00. The first-order valence-electron chi connectivity index (χ1n) is 8.58. The van der Waals surface area contributed by atoms with Gasteiger partial charge in [-0.2, -0.15) is 11.8 Å². The van der Waals surface area contributed by atoms with E-state index < -0.39 is 6.04 Å². The second-order valence-corrected chi connectivity index (χ2v) is 8.59. The highest BCUT2D eigenvalue weighted by Gasteiger charge is 2.32. The van der Waals surface area contributed by atoms with Crippen molar-refractivity contribution in [3.05, 3.63) is 11.6 Å². The van der Waals surface area contributed by atoms with E-state index in [0.717, 1.165) is 25.7 Å². The minimum atomic E-state index is -0.508. The number of carbonyl (C=O) groups excluding carboxylic acids is 1. The van der Waals surface area contributed by atoms with Crippen molar-refractivity contribution < 1.29 is 9.53 Å². The molecule has 22 heavy (non-hydrogen) atoms. The number of ether oxygens (including phenoxy) is 1. The summed E-state index contributed by atoms with van der Waals surface area (Å²) in [6, 6.07) is -0.508. The molecular weight excluding hydrogens is 294 g/mol. The van der Waals surface area contributed by atoms with Gasteiger partial charge in [0.15, 0.2) is 0 Å². The maximum atomic E-state index is 11.9. The zero-order valence-corrected chi connectivity index (χ0v) is 15.5. The summed E-state index contributed by atoms with van der Waals surface area (Å²) < 4.78 is 5.39. The van der Waals surface area contributed by atoms with Crippen LogP contribution in [0.1, 0.15) is 66.2 Å². The van der Waals surface area contributed by atoms with Gasteiger partial charge < -0.3 is 10.5 Å². The van der Waals surface area contributed by atoms with Gasteiger partial charge in [-0.05, 0) is 38.5 Å². The van der Waals surface area contributed by atoms with Gasteiger partial charge in [0.1, 0.15) is 6.04 Å². The summed E-state index contributed by atoms with van der Waals surface area (Å²) in [5, 5.41) is 0. The quantitative estimate of drug-likeness (QED) is 0.389. The molecule has 0 aliphatic heterocycles. The third kappa shape index (κ3) is 6.74. The van der Waals surface area contributed by atoms with Crippen LogP contribution in [0.5, 0.6) is 0 Å². The summed E-state index contributed by atoms with van der Waals surface area (Å²) in [6.45, 7) is 9.39. The zero-order chi connectivity index (χ0) is 16.6. The Morgan fingerprint density at radius 2 is 2.23 bits per heavy atom. The smallest absolute Gasteiger partial charge is 0.323 e. The summed E-state index contributed by atoms with van der Waals surface area (Å²) in [7, 11) is 0. The van der Waals surface area contributed by atoms with Crippen molar-refractivity contribution in [2.45, 2.75) is 77.0 Å². The molecule has 0 amide bonds. The van der Waals surface area contributed by atoms with Crippen LogP contribution in [0, 0.1) is 5.92 Å². The molecule has 128 valence electrons. The Morgan fingerprint density at radius 1 is 1.50 bits per heavy atom. The van der Waals surface area contributed by atoms with E-state index in [9.17, 15) is 4.79 Å². The molecule has 0 heterocycles. The predicted molar refractivity (Wildman–Crippen MR) is 96.1 cm³/mol. The van der Waals surface area contributed by atoms with Gasteiger partial charge in [-0.25, -0.2) is 0 Å². The molecule has 0 fully saturated rings. The van der Waals surface area contributed by atoms with E-state index in [1.165, 1.54) is 18.4 Å². The number of unbranched alkanes of at least 4 members (excludes halogenated alkanes) is 2. The van der Waals surface area contributed by atoms with E-state index in [1.807, 2.05) is 11.8 Å². The number of allylic oxidation sites excluding steroid dienone is 2. The van der Waals surface area contributed by atoms with Gasteiger partial charge in [0.2, 0.25) is 0 Å². The standard InChI is InChI=1S/C18H33NO2S/c1-5-6-7-12-21-17(20)16(19)13-22-18(3,4)15-10-8-14(2)9-11-15/h8,15-16H,5-7,9-13,19H2,1-4H3. The van der Waals surface area contributed by atoms with Crippen molar-refractivity contribution in [1.82, 2.24) is 0 Å². The fraction of sp³-hybridized carbons (Fsp3) is 0.833. The minimum absolute atomic E-state index is 0.150. The van der Waals surface area contributed by atoms with Crippen LogP contribution >= 0.6 is 11.8 Å². The van der Waals surface area contributed by atoms with E-state index in [0.29, 0.717) is 18.3 Å². The van der Waals surface area contributed by atoms with Gasteiger partial charge in [-0.1, -0.05) is 45.3 Å². The summed E-state index contributed by atoms with van der Waals surface area (Å²) in [5.41, 5.74) is 7.49. The van der Waals surface area contributed by atoms with Gasteiger partial charge >= 0.3 is 5.97 Å². The summed E-state index contributed by atoms with van der Waals surface area (Å²) in [5.74, 6) is 1.05. The number of hydrogen-bond donors (Lipinski definition) is 1. The maximum absolute atomic E-state index is 11.9. The lowest BCUT2D eigenvalue weighted by Crippen LogP contribution is -2.38. The SMILES string of the molecule is CCCCCOC(=O)C(N)CSC(C)(C)C1CC=C(C)CC1. The number of esters is 1. The van der Waals surface area contributed by atoms with Crippen molar-refractivity contribution in [3.8, 4) is 0 Å². The molecule has 0 bridgehead atoms. The van der Waals surface area contributed by atoms with Crippen LogP contribution in [-0.2, 0) is 9.53 Å². The van der Waals surface area contributed by atoms with Crippen LogP contribution in [-0.4, -0.2) is 29.1 Å². The lowest BCUT2D eigenvalue weighted by atomic mass is 9.82. The van der Waals surface area contributed by atoms with Crippen molar-refractivity contribution in [1.29, 1.82) is 0 Å². The Balaban J connectivity index is 2.32. The summed E-state index contributed by atoms with van der Waals surface area (Å²) >= 11 is 1.81. The molecule has 0 aromatic carbocycles. The maximum Gasteiger partial charge on any atom is 0.323 e. The van der Waals surface area contributed by atoms with E-state index in [4.69, 9.17) is 10.5 Å². The lowest BCUT2D eigenvalue weighted by molar-refractivity contribution is -0.144. The molecule has 0 aromatic heterocycles. The average molecular weight is 328 g/mol. The largest absolute Gasteiger partial charge is 0.465 e. The van der Waals surface area contributed by atoms with Crippen LogP contribution in [0.4, 0.5) is 0 Å². The fourth-order valence-corrected chi connectivity index (χ4v) is 3.91. The Labute approximate surface area is 140 Å². The number of carbonyl (C=O) groups is 1. The molecule has 0 radical (unpaired) electrons. The molecule has 1 aliphatic rings. The summed E-state index contributed by atoms with van der Waals surface area (Å²) in [4.78, 5) is 11.9. The number of hydrogen-bond acceptors (Lipinski definition) is 4. The van der Waals surface area contributed by atoms with Gasteiger partial charge in [0.05, 0.1) is 6.61 Å². The molecule has 3 nitrogen and oxygen atoms in total. The van der Waals surface area contributed by atoms with Crippen LogP contribution in [0.3, 0.4) is 0 Å². The number of nitrogens with two attached hydrogens (primary N) is 1. The monoisotopic (exact) mass is 327 g/mol. The third-order valence-electron chi connectivity index (χ3n) is 4.55. The van der Waals surface area contributed by atoms with E-state index in [1.54, 1.807) is 0 Å². The molecule has 2 unspecified atom stereocenters. The van der Waals surface area contributed by atoms with Crippen LogP contribution in [0.25, 0.3) is 0 Å². The van der Waals surface area contributed by atoms with Gasteiger partial charge in [-0.3, -0.25) is 4.79 Å². The second-order valence-electron chi connectivity index (χ2n) is 6.92. The molecule has 2 atom stereocenters. The first-order valence-corrected chi connectivity index (χ1v) is 9.57. The molecule has 1 aliphatic carbocycles. The molecule has 0 spiro atoms. The van der Waals surface area contributed by atoms with E-state index >= 15 is 0 Å². The first-order chi connectivity index (χ1) is 10.4. The topological polar surface area (TPSA) is 52.3 Å². The van der Waals surface area contributed by atoms with E-state index in [2.05, 4.69) is 33.8 Å². The molecule has 0 saturated heterocycles. The van der Waals surface area contributed by atoms with Gasteiger partial charge in [-0.15, -0.1) is 0 Å². The van der Waals surface area contributed by atoms with Crippen LogP contribution in [0.2, 0.25) is 0 Å². The Hall–Kier alpha value is -0.480. The molecule has 1 rings (SSSR count). The normalized spacial score (nSPS) is 20.4. The van der Waals surface area contributed by atoms with Crippen molar-refractivity contribution >= 4 is 17.7 Å². The third-order valence-corrected chi connectivity index (χ3v) is 6.15. The predicted octanol–water partition coefficient (Wildman–Crippen LogP) is 4.31. The fourth-order valence-electron chi connectivity index (χ4n) is 2.72. The van der Waals surface area contributed by atoms with Crippen LogP contribution in [0.15, 0.2) is 11.6 Å². The second kappa shape index (κ2) is 9.61. The van der Waals surface area contributed by atoms with Crippen molar-refractivity contribution in [2.24, 2.45) is 11.7 Å². The Morgan fingerprint density at radius 3 is 2.82 bits per heavy atom. The minimum Gasteiger partial charge on any atom is -0.465 e. The van der Waals surface area contributed by atoms with E-state index in [-0.39, 0.29) is 10.7 Å². The lowest BCUT2D eigenvalue weighted by Gasteiger charge is -2.36. The molecule has 0 saturated carbocycles. The highest BCUT2D eigenvalue weighted by Crippen LogP contribution is 2.40. The van der Waals surface area contributed by atoms with Crippen molar-refractivity contribution in [3.63, 3.8) is 0 Å².